The third kappa shape index (κ3) is 3.75. The van der Waals surface area contributed by atoms with Crippen LogP contribution in [0.2, 0.25) is 0 Å². The topological polar surface area (TPSA) is 49.4 Å². The Morgan fingerprint density at radius 2 is 1.48 bits per heavy atom. The molecule has 4 rings (SSSR count). The SMILES string of the molecule is O=S(=O)(NC[C@H](c1ccccc1)N1CCc2ccccc21)c1ccccc1. The van der Waals surface area contributed by atoms with Crippen LogP contribution in [0, 0.1) is 0 Å². The number of nitrogens with one attached hydrogen (secondary N) is 1. The van der Waals surface area contributed by atoms with Crippen LogP contribution in [0.4, 0.5) is 5.69 Å². The van der Waals surface area contributed by atoms with Crippen molar-refractivity contribution in [2.75, 3.05) is 18.0 Å². The molecule has 27 heavy (non-hydrogen) atoms. The molecule has 4 nitrogen and oxygen atoms in total. The van der Waals surface area contributed by atoms with Crippen molar-refractivity contribution in [1.82, 2.24) is 4.72 Å². The molecule has 1 aliphatic rings. The van der Waals surface area contributed by atoms with E-state index in [1.165, 1.54) is 11.3 Å². The van der Waals surface area contributed by atoms with Gasteiger partial charge in [-0.1, -0.05) is 66.7 Å². The predicted octanol–water partition coefficient (Wildman–Crippen LogP) is 3.77. The molecule has 0 radical (unpaired) electrons. The molecule has 0 aromatic heterocycles. The zero-order valence-corrected chi connectivity index (χ0v) is 15.8. The van der Waals surface area contributed by atoms with Crippen molar-refractivity contribution < 1.29 is 8.42 Å². The van der Waals surface area contributed by atoms with Gasteiger partial charge in [0.05, 0.1) is 10.9 Å². The van der Waals surface area contributed by atoms with Gasteiger partial charge in [0.15, 0.2) is 0 Å². The Morgan fingerprint density at radius 1 is 0.852 bits per heavy atom. The zero-order valence-electron chi connectivity index (χ0n) is 15.0. The number of rotatable bonds is 6. The fourth-order valence-corrected chi connectivity index (χ4v) is 4.70. The number of anilines is 1. The molecular weight excluding hydrogens is 356 g/mol. The Bertz CT molecular complexity index is 1000. The van der Waals surface area contributed by atoms with Crippen molar-refractivity contribution >= 4 is 15.7 Å². The van der Waals surface area contributed by atoms with Gasteiger partial charge in [0, 0.05) is 18.8 Å². The number of benzene rings is 3. The van der Waals surface area contributed by atoms with Gasteiger partial charge in [-0.25, -0.2) is 13.1 Å². The van der Waals surface area contributed by atoms with Crippen LogP contribution in [-0.4, -0.2) is 21.5 Å². The predicted molar refractivity (Wildman–Crippen MR) is 108 cm³/mol. The van der Waals surface area contributed by atoms with Gasteiger partial charge in [-0.15, -0.1) is 0 Å². The number of sulfonamides is 1. The summed E-state index contributed by atoms with van der Waals surface area (Å²) < 4.78 is 28.2. The molecule has 3 aromatic carbocycles. The molecule has 1 aliphatic heterocycles. The van der Waals surface area contributed by atoms with E-state index in [-0.39, 0.29) is 6.04 Å². The van der Waals surface area contributed by atoms with Crippen LogP contribution < -0.4 is 9.62 Å². The monoisotopic (exact) mass is 378 g/mol. The normalized spacial score (nSPS) is 14.7. The average Bonchev–Trinajstić information content (AvgIpc) is 3.14. The third-order valence-electron chi connectivity index (χ3n) is 5.00. The van der Waals surface area contributed by atoms with Gasteiger partial charge in [0.2, 0.25) is 10.0 Å². The maximum Gasteiger partial charge on any atom is 0.240 e. The molecule has 0 bridgehead atoms. The molecule has 0 aliphatic carbocycles. The lowest BCUT2D eigenvalue weighted by atomic mass is 10.1. The third-order valence-corrected chi connectivity index (χ3v) is 6.44. The summed E-state index contributed by atoms with van der Waals surface area (Å²) in [5.41, 5.74) is 3.60. The molecule has 0 unspecified atom stereocenters. The van der Waals surface area contributed by atoms with Gasteiger partial charge in [0.25, 0.3) is 0 Å². The molecule has 5 heteroatoms. The Labute approximate surface area is 160 Å². The highest BCUT2D eigenvalue weighted by Gasteiger charge is 2.28. The van der Waals surface area contributed by atoms with Gasteiger partial charge >= 0.3 is 0 Å². The van der Waals surface area contributed by atoms with Crippen LogP contribution in [0.15, 0.2) is 89.8 Å². The minimum absolute atomic E-state index is 0.0617. The van der Waals surface area contributed by atoms with E-state index < -0.39 is 10.0 Å². The minimum Gasteiger partial charge on any atom is -0.363 e. The standard InChI is InChI=1S/C22H22N2O2S/c25-27(26,20-12-5-2-6-13-20)23-17-22(18-9-3-1-4-10-18)24-16-15-19-11-7-8-14-21(19)24/h1-14,22-23H,15-17H2/t22-/m1/s1. The lowest BCUT2D eigenvalue weighted by Gasteiger charge is -2.31. The van der Waals surface area contributed by atoms with Crippen LogP contribution in [-0.2, 0) is 16.4 Å². The summed E-state index contributed by atoms with van der Waals surface area (Å²) >= 11 is 0. The highest BCUT2D eigenvalue weighted by Crippen LogP contribution is 2.34. The van der Waals surface area contributed by atoms with E-state index in [4.69, 9.17) is 0 Å². The number of fused-ring (bicyclic) bond motifs is 1. The number of hydrogen-bond acceptors (Lipinski definition) is 3. The molecule has 0 spiro atoms. The quantitative estimate of drug-likeness (QED) is 0.710. The maximum atomic E-state index is 12.7. The Kier molecular flexibility index (Phi) is 4.97. The summed E-state index contributed by atoms with van der Waals surface area (Å²) in [7, 11) is -3.55. The summed E-state index contributed by atoms with van der Waals surface area (Å²) in [6.45, 7) is 1.20. The number of nitrogens with zero attached hydrogens (tertiary/aromatic N) is 1. The molecule has 0 saturated carbocycles. The first-order valence-corrected chi connectivity index (χ1v) is 10.6. The van der Waals surface area contributed by atoms with E-state index in [0.717, 1.165) is 18.5 Å². The fraction of sp³-hybridized carbons (Fsp3) is 0.182. The van der Waals surface area contributed by atoms with Crippen molar-refractivity contribution in [3.63, 3.8) is 0 Å². The average molecular weight is 378 g/mol. The van der Waals surface area contributed by atoms with Gasteiger partial charge in [-0.3, -0.25) is 0 Å². The fourth-order valence-electron chi connectivity index (χ4n) is 3.64. The van der Waals surface area contributed by atoms with Crippen molar-refractivity contribution in [2.24, 2.45) is 0 Å². The van der Waals surface area contributed by atoms with Crippen LogP contribution in [0.1, 0.15) is 17.2 Å². The largest absolute Gasteiger partial charge is 0.363 e. The molecule has 1 N–H and O–H groups in total. The molecule has 1 heterocycles. The summed E-state index contributed by atoms with van der Waals surface area (Å²) in [4.78, 5) is 2.59. The van der Waals surface area contributed by atoms with E-state index in [2.05, 4.69) is 40.0 Å². The lowest BCUT2D eigenvalue weighted by Crippen LogP contribution is -2.37. The van der Waals surface area contributed by atoms with Crippen LogP contribution in [0.3, 0.4) is 0 Å². The summed E-state index contributed by atoms with van der Waals surface area (Å²) in [5.74, 6) is 0. The smallest absolute Gasteiger partial charge is 0.240 e. The first-order valence-electron chi connectivity index (χ1n) is 9.09. The van der Waals surface area contributed by atoms with E-state index in [1.807, 2.05) is 30.3 Å². The second-order valence-corrected chi connectivity index (χ2v) is 8.43. The maximum absolute atomic E-state index is 12.7. The molecule has 1 atom stereocenters. The molecule has 0 amide bonds. The molecule has 0 saturated heterocycles. The van der Waals surface area contributed by atoms with Crippen molar-refractivity contribution in [1.29, 1.82) is 0 Å². The number of para-hydroxylation sites is 1. The Morgan fingerprint density at radius 3 is 2.22 bits per heavy atom. The van der Waals surface area contributed by atoms with Crippen LogP contribution in [0.25, 0.3) is 0 Å². The second kappa shape index (κ2) is 7.55. The Hall–Kier alpha value is -2.63. The van der Waals surface area contributed by atoms with Crippen LogP contribution in [0.5, 0.6) is 0 Å². The molecule has 138 valence electrons. The molecule has 0 fully saturated rings. The van der Waals surface area contributed by atoms with Gasteiger partial charge < -0.3 is 4.90 Å². The molecular formula is C22H22N2O2S. The van der Waals surface area contributed by atoms with E-state index in [0.29, 0.717) is 11.4 Å². The van der Waals surface area contributed by atoms with Crippen molar-refractivity contribution in [3.05, 3.63) is 96.1 Å². The first-order chi connectivity index (χ1) is 13.1. The zero-order chi connectivity index (χ0) is 18.7. The second-order valence-electron chi connectivity index (χ2n) is 6.66. The number of hydrogen-bond donors (Lipinski definition) is 1. The summed E-state index contributed by atoms with van der Waals surface area (Å²) in [6, 6.07) is 26.9. The highest BCUT2D eigenvalue weighted by atomic mass is 32.2. The van der Waals surface area contributed by atoms with Gasteiger partial charge in [-0.05, 0) is 35.7 Å². The van der Waals surface area contributed by atoms with E-state index in [1.54, 1.807) is 24.3 Å². The van der Waals surface area contributed by atoms with Crippen molar-refractivity contribution in [2.45, 2.75) is 17.4 Å². The Balaban J connectivity index is 1.63. The van der Waals surface area contributed by atoms with Crippen LogP contribution >= 0.6 is 0 Å². The van der Waals surface area contributed by atoms with Gasteiger partial charge in [-0.2, -0.15) is 0 Å². The first kappa shape index (κ1) is 17.8. The summed E-state index contributed by atoms with van der Waals surface area (Å²) in [6.07, 6.45) is 0.977. The summed E-state index contributed by atoms with van der Waals surface area (Å²) in [5, 5.41) is 0. The molecule has 3 aromatic rings. The van der Waals surface area contributed by atoms with Crippen molar-refractivity contribution in [3.8, 4) is 0 Å². The minimum atomic E-state index is -3.55. The van der Waals surface area contributed by atoms with E-state index in [9.17, 15) is 8.42 Å². The lowest BCUT2D eigenvalue weighted by molar-refractivity contribution is 0.563. The van der Waals surface area contributed by atoms with E-state index >= 15 is 0 Å². The van der Waals surface area contributed by atoms with Gasteiger partial charge in [0.1, 0.15) is 0 Å². The highest BCUT2D eigenvalue weighted by molar-refractivity contribution is 7.89.